The number of thioether (sulfide) groups is 1. The summed E-state index contributed by atoms with van der Waals surface area (Å²) in [6.45, 7) is 4.21. The van der Waals surface area contributed by atoms with Gasteiger partial charge in [-0.2, -0.15) is 0 Å². The summed E-state index contributed by atoms with van der Waals surface area (Å²) in [5.41, 5.74) is 2.29. The van der Waals surface area contributed by atoms with E-state index in [-0.39, 0.29) is 5.91 Å². The molecule has 0 atom stereocenters. The molecular weight excluding hydrogens is 330 g/mol. The van der Waals surface area contributed by atoms with Crippen LogP contribution in [-0.4, -0.2) is 34.8 Å². The summed E-state index contributed by atoms with van der Waals surface area (Å²) >= 11 is 1.70. The van der Waals surface area contributed by atoms with Gasteiger partial charge in [-0.1, -0.05) is 24.3 Å². The first-order valence-corrected chi connectivity index (χ1v) is 9.71. The van der Waals surface area contributed by atoms with Crippen LogP contribution in [0.25, 0.3) is 0 Å². The van der Waals surface area contributed by atoms with E-state index >= 15 is 0 Å². The quantitative estimate of drug-likeness (QED) is 0.748. The summed E-state index contributed by atoms with van der Waals surface area (Å²) in [4.78, 5) is 15.6. The van der Waals surface area contributed by atoms with Crippen LogP contribution in [0, 0.1) is 0 Å². The van der Waals surface area contributed by atoms with Crippen molar-refractivity contribution in [1.29, 1.82) is 0 Å². The van der Waals surface area contributed by atoms with E-state index in [0.29, 0.717) is 18.5 Å². The van der Waals surface area contributed by atoms with Crippen LogP contribution < -0.4 is 0 Å². The zero-order chi connectivity index (χ0) is 18.4. The van der Waals surface area contributed by atoms with Gasteiger partial charge in [-0.25, -0.2) is 0 Å². The van der Waals surface area contributed by atoms with Gasteiger partial charge in [0.2, 0.25) is 0 Å². The molecule has 0 spiro atoms. The number of carbonyl (C=O) groups is 1. The predicted molar refractivity (Wildman–Crippen MR) is 105 cm³/mol. The third kappa shape index (κ3) is 6.22. The summed E-state index contributed by atoms with van der Waals surface area (Å²) in [5.74, 6) is 0.0172. The maximum atomic E-state index is 12.6. The van der Waals surface area contributed by atoms with E-state index in [1.165, 1.54) is 4.90 Å². The van der Waals surface area contributed by atoms with Gasteiger partial charge in [-0.05, 0) is 68.3 Å². The average molecular weight is 358 g/mol. The Morgan fingerprint density at radius 1 is 1.12 bits per heavy atom. The van der Waals surface area contributed by atoms with Gasteiger partial charge < -0.3 is 10.0 Å². The molecule has 0 saturated carbocycles. The molecule has 0 aromatic heterocycles. The van der Waals surface area contributed by atoms with Crippen molar-refractivity contribution in [3.63, 3.8) is 0 Å². The van der Waals surface area contributed by atoms with E-state index in [9.17, 15) is 9.90 Å². The summed E-state index contributed by atoms with van der Waals surface area (Å²) < 4.78 is 0. The van der Waals surface area contributed by atoms with Crippen molar-refractivity contribution in [2.75, 3.05) is 13.3 Å². The minimum Gasteiger partial charge on any atom is -0.390 e. The fourth-order valence-corrected chi connectivity index (χ4v) is 3.08. The van der Waals surface area contributed by atoms with Crippen molar-refractivity contribution in [1.82, 2.24) is 4.90 Å². The molecule has 0 fully saturated rings. The maximum Gasteiger partial charge on any atom is 0.253 e. The van der Waals surface area contributed by atoms with Crippen LogP contribution in [0.3, 0.4) is 0 Å². The molecule has 4 heteroatoms. The van der Waals surface area contributed by atoms with Gasteiger partial charge in [0.1, 0.15) is 0 Å². The highest BCUT2D eigenvalue weighted by atomic mass is 32.2. The Morgan fingerprint density at radius 2 is 1.80 bits per heavy atom. The standard InChI is InChI=1S/C21H27NO2S/c1-21(2,24)13-12-16-8-10-18(11-9-16)20(23)22(3)15-17-6-5-7-19(14-17)25-4/h5-11,14,24H,12-13,15H2,1-4H3. The van der Waals surface area contributed by atoms with Crippen LogP contribution in [0.1, 0.15) is 41.8 Å². The van der Waals surface area contributed by atoms with E-state index in [1.54, 1.807) is 16.7 Å². The van der Waals surface area contributed by atoms with Crippen LogP contribution in [0.15, 0.2) is 53.4 Å². The Morgan fingerprint density at radius 3 is 2.40 bits per heavy atom. The minimum absolute atomic E-state index is 0.0172. The Balaban J connectivity index is 1.99. The topological polar surface area (TPSA) is 40.5 Å². The molecule has 0 saturated heterocycles. The van der Waals surface area contributed by atoms with Gasteiger partial charge in [0.05, 0.1) is 5.60 Å². The molecule has 0 bridgehead atoms. The van der Waals surface area contributed by atoms with Crippen LogP contribution in [0.5, 0.6) is 0 Å². The lowest BCUT2D eigenvalue weighted by Crippen LogP contribution is -2.26. The Labute approximate surface area is 155 Å². The van der Waals surface area contributed by atoms with Crippen LogP contribution in [0.4, 0.5) is 0 Å². The number of hydrogen-bond acceptors (Lipinski definition) is 3. The number of benzene rings is 2. The fraction of sp³-hybridized carbons (Fsp3) is 0.381. The Hall–Kier alpha value is -1.78. The highest BCUT2D eigenvalue weighted by Gasteiger charge is 2.14. The zero-order valence-corrected chi connectivity index (χ0v) is 16.3. The average Bonchev–Trinajstić information content (AvgIpc) is 2.59. The molecule has 0 heterocycles. The van der Waals surface area contributed by atoms with Crippen LogP contribution >= 0.6 is 11.8 Å². The molecule has 0 unspecified atom stereocenters. The highest BCUT2D eigenvalue weighted by Crippen LogP contribution is 2.18. The Kier molecular flexibility index (Phi) is 6.68. The number of carbonyl (C=O) groups excluding carboxylic acids is 1. The summed E-state index contributed by atoms with van der Waals surface area (Å²) in [7, 11) is 1.83. The lowest BCUT2D eigenvalue weighted by Gasteiger charge is -2.18. The molecule has 2 aromatic rings. The first kappa shape index (κ1) is 19.5. The maximum absolute atomic E-state index is 12.6. The second kappa shape index (κ2) is 8.54. The molecule has 1 amide bonds. The first-order chi connectivity index (χ1) is 11.8. The van der Waals surface area contributed by atoms with Gasteiger partial charge in [0.25, 0.3) is 5.91 Å². The van der Waals surface area contributed by atoms with E-state index < -0.39 is 5.60 Å². The monoisotopic (exact) mass is 357 g/mol. The molecule has 2 rings (SSSR count). The summed E-state index contributed by atoms with van der Waals surface area (Å²) in [5, 5.41) is 9.81. The van der Waals surface area contributed by atoms with E-state index in [4.69, 9.17) is 0 Å². The predicted octanol–water partition coefficient (Wildman–Crippen LogP) is 4.38. The van der Waals surface area contributed by atoms with Crippen molar-refractivity contribution in [3.8, 4) is 0 Å². The van der Waals surface area contributed by atoms with Crippen molar-refractivity contribution < 1.29 is 9.90 Å². The molecule has 134 valence electrons. The highest BCUT2D eigenvalue weighted by molar-refractivity contribution is 7.98. The molecular formula is C21H27NO2S. The number of nitrogens with zero attached hydrogens (tertiary/aromatic N) is 1. The van der Waals surface area contributed by atoms with E-state index in [0.717, 1.165) is 17.5 Å². The third-order valence-electron chi connectivity index (χ3n) is 4.13. The van der Waals surface area contributed by atoms with Crippen molar-refractivity contribution in [2.45, 2.75) is 43.7 Å². The number of amides is 1. The number of rotatable bonds is 7. The summed E-state index contributed by atoms with van der Waals surface area (Å²) in [6, 6.07) is 16.0. The fourth-order valence-electron chi connectivity index (χ4n) is 2.60. The molecule has 25 heavy (non-hydrogen) atoms. The molecule has 0 aliphatic carbocycles. The second-order valence-corrected chi connectivity index (χ2v) is 7.90. The second-order valence-electron chi connectivity index (χ2n) is 7.02. The molecule has 0 aliphatic heterocycles. The van der Waals surface area contributed by atoms with Crippen molar-refractivity contribution in [3.05, 3.63) is 65.2 Å². The molecule has 1 N–H and O–H groups in total. The van der Waals surface area contributed by atoms with Crippen LogP contribution in [0.2, 0.25) is 0 Å². The van der Waals surface area contributed by atoms with Crippen molar-refractivity contribution >= 4 is 17.7 Å². The minimum atomic E-state index is -0.667. The van der Waals surface area contributed by atoms with Gasteiger partial charge in [0.15, 0.2) is 0 Å². The van der Waals surface area contributed by atoms with Gasteiger partial charge in [0, 0.05) is 24.1 Å². The lowest BCUT2D eigenvalue weighted by atomic mass is 9.98. The van der Waals surface area contributed by atoms with E-state index in [1.807, 2.05) is 63.5 Å². The molecule has 3 nitrogen and oxygen atoms in total. The number of aryl methyl sites for hydroxylation is 1. The first-order valence-electron chi connectivity index (χ1n) is 8.48. The van der Waals surface area contributed by atoms with Gasteiger partial charge in [-0.15, -0.1) is 11.8 Å². The van der Waals surface area contributed by atoms with Crippen molar-refractivity contribution in [2.24, 2.45) is 0 Å². The zero-order valence-electron chi connectivity index (χ0n) is 15.5. The largest absolute Gasteiger partial charge is 0.390 e. The lowest BCUT2D eigenvalue weighted by molar-refractivity contribution is 0.0713. The van der Waals surface area contributed by atoms with Gasteiger partial charge >= 0.3 is 0 Å². The third-order valence-corrected chi connectivity index (χ3v) is 4.85. The summed E-state index contributed by atoms with van der Waals surface area (Å²) in [6.07, 6.45) is 3.55. The number of hydrogen-bond donors (Lipinski definition) is 1. The normalized spacial score (nSPS) is 11.4. The van der Waals surface area contributed by atoms with E-state index in [2.05, 4.69) is 12.1 Å². The number of aliphatic hydroxyl groups is 1. The van der Waals surface area contributed by atoms with Gasteiger partial charge in [-0.3, -0.25) is 4.79 Å². The van der Waals surface area contributed by atoms with Crippen LogP contribution in [-0.2, 0) is 13.0 Å². The molecule has 2 aromatic carbocycles. The Bertz CT molecular complexity index is 705. The molecule has 0 aliphatic rings. The smallest absolute Gasteiger partial charge is 0.253 e. The SMILES string of the molecule is CSc1cccc(CN(C)C(=O)c2ccc(CCC(C)(C)O)cc2)c1. The molecule has 0 radical (unpaired) electrons.